The van der Waals surface area contributed by atoms with E-state index in [1.165, 1.54) is 0 Å². The minimum absolute atomic E-state index is 0. The molecule has 4 heteroatoms. The molecule has 0 spiro atoms. The molecule has 2 unspecified atom stereocenters. The number of carboxylic acid groups (broad SMARTS) is 1. The molecule has 0 aromatic rings. The van der Waals surface area contributed by atoms with Gasteiger partial charge in [-0.15, -0.1) is 12.4 Å². The van der Waals surface area contributed by atoms with Crippen LogP contribution in [0.25, 0.3) is 0 Å². The predicted molar refractivity (Wildman–Crippen MR) is 40.1 cm³/mol. The molecule has 2 atom stereocenters. The van der Waals surface area contributed by atoms with E-state index in [0.717, 1.165) is 12.0 Å². The maximum atomic E-state index is 10.2. The van der Waals surface area contributed by atoms with Gasteiger partial charge in [-0.3, -0.25) is 4.79 Å². The zero-order valence-corrected chi connectivity index (χ0v) is 6.23. The van der Waals surface area contributed by atoms with Crippen molar-refractivity contribution < 1.29 is 9.90 Å². The SMILES string of the molecule is C=C1CC1C(N)C(=O)O.Cl. The van der Waals surface area contributed by atoms with E-state index in [2.05, 4.69) is 6.58 Å². The first-order valence-electron chi connectivity index (χ1n) is 2.79. The highest BCUT2D eigenvalue weighted by atomic mass is 35.5. The van der Waals surface area contributed by atoms with Crippen molar-refractivity contribution in [3.8, 4) is 0 Å². The van der Waals surface area contributed by atoms with E-state index in [4.69, 9.17) is 10.8 Å². The van der Waals surface area contributed by atoms with Gasteiger partial charge in [0.25, 0.3) is 0 Å². The lowest BCUT2D eigenvalue weighted by Crippen LogP contribution is -2.32. The Kier molecular flexibility index (Phi) is 2.87. The summed E-state index contributed by atoms with van der Waals surface area (Å²) < 4.78 is 0. The van der Waals surface area contributed by atoms with Crippen LogP contribution >= 0.6 is 12.4 Å². The van der Waals surface area contributed by atoms with E-state index in [-0.39, 0.29) is 18.3 Å². The number of hydrogen-bond donors (Lipinski definition) is 2. The normalized spacial score (nSPS) is 24.9. The first kappa shape index (κ1) is 9.46. The van der Waals surface area contributed by atoms with Crippen LogP contribution in [0.3, 0.4) is 0 Å². The van der Waals surface area contributed by atoms with Crippen LogP contribution < -0.4 is 5.73 Å². The quantitative estimate of drug-likeness (QED) is 0.580. The fourth-order valence-electron chi connectivity index (χ4n) is 0.777. The number of aliphatic carboxylic acids is 1. The summed E-state index contributed by atoms with van der Waals surface area (Å²) in [6.45, 7) is 3.61. The van der Waals surface area contributed by atoms with Gasteiger partial charge in [0.15, 0.2) is 0 Å². The zero-order chi connectivity index (χ0) is 7.02. The van der Waals surface area contributed by atoms with E-state index in [0.29, 0.717) is 0 Å². The Morgan fingerprint density at radius 2 is 2.30 bits per heavy atom. The van der Waals surface area contributed by atoms with Crippen molar-refractivity contribution in [3.63, 3.8) is 0 Å². The Hall–Kier alpha value is -0.540. The molecule has 1 aliphatic carbocycles. The molecule has 0 bridgehead atoms. The minimum Gasteiger partial charge on any atom is -0.480 e. The van der Waals surface area contributed by atoms with E-state index in [1.807, 2.05) is 0 Å². The number of halogens is 1. The van der Waals surface area contributed by atoms with Crippen LogP contribution in [0.5, 0.6) is 0 Å². The van der Waals surface area contributed by atoms with Crippen molar-refractivity contribution in [1.29, 1.82) is 0 Å². The van der Waals surface area contributed by atoms with Crippen LogP contribution in [0.1, 0.15) is 6.42 Å². The highest BCUT2D eigenvalue weighted by molar-refractivity contribution is 5.85. The van der Waals surface area contributed by atoms with E-state index in [1.54, 1.807) is 0 Å². The number of hydrogen-bond acceptors (Lipinski definition) is 2. The smallest absolute Gasteiger partial charge is 0.321 e. The van der Waals surface area contributed by atoms with Crippen molar-refractivity contribution in [2.75, 3.05) is 0 Å². The molecule has 3 nitrogen and oxygen atoms in total. The van der Waals surface area contributed by atoms with Crippen molar-refractivity contribution >= 4 is 18.4 Å². The Labute approximate surface area is 65.3 Å². The molecule has 0 radical (unpaired) electrons. The minimum atomic E-state index is -0.932. The fourth-order valence-corrected chi connectivity index (χ4v) is 0.777. The van der Waals surface area contributed by atoms with Crippen molar-refractivity contribution in [3.05, 3.63) is 12.2 Å². The highest BCUT2D eigenvalue weighted by Gasteiger charge is 2.37. The lowest BCUT2D eigenvalue weighted by molar-refractivity contribution is -0.138. The molecule has 58 valence electrons. The largest absolute Gasteiger partial charge is 0.480 e. The summed E-state index contributed by atoms with van der Waals surface area (Å²) in [7, 11) is 0. The molecule has 1 fully saturated rings. The van der Waals surface area contributed by atoms with Gasteiger partial charge in [0, 0.05) is 5.92 Å². The third-order valence-corrected chi connectivity index (χ3v) is 1.56. The van der Waals surface area contributed by atoms with Crippen molar-refractivity contribution in [1.82, 2.24) is 0 Å². The summed E-state index contributed by atoms with van der Waals surface area (Å²) in [5.41, 5.74) is 6.21. The second-order valence-electron chi connectivity index (χ2n) is 2.33. The molecular formula is C6H10ClNO2. The van der Waals surface area contributed by atoms with E-state index in [9.17, 15) is 4.79 Å². The van der Waals surface area contributed by atoms with Gasteiger partial charge in [-0.1, -0.05) is 12.2 Å². The summed E-state index contributed by atoms with van der Waals surface area (Å²) in [5.74, 6) is -0.888. The van der Waals surface area contributed by atoms with Crippen LogP contribution in [0, 0.1) is 5.92 Å². The van der Waals surface area contributed by atoms with Crippen LogP contribution in [-0.2, 0) is 4.79 Å². The monoisotopic (exact) mass is 163 g/mol. The molecule has 1 saturated carbocycles. The van der Waals surface area contributed by atoms with Gasteiger partial charge < -0.3 is 10.8 Å². The number of nitrogens with two attached hydrogens (primary N) is 1. The molecule has 10 heavy (non-hydrogen) atoms. The van der Waals surface area contributed by atoms with E-state index < -0.39 is 12.0 Å². The molecule has 0 aromatic heterocycles. The van der Waals surface area contributed by atoms with Crippen LogP contribution in [0.15, 0.2) is 12.2 Å². The van der Waals surface area contributed by atoms with Gasteiger partial charge in [0.2, 0.25) is 0 Å². The summed E-state index contributed by atoms with van der Waals surface area (Å²) in [6, 6.07) is -0.725. The molecule has 3 N–H and O–H groups in total. The Morgan fingerprint density at radius 3 is 2.40 bits per heavy atom. The fraction of sp³-hybridized carbons (Fsp3) is 0.500. The molecule has 0 heterocycles. The molecule has 0 aliphatic heterocycles. The average Bonchev–Trinajstić information content (AvgIpc) is 2.44. The van der Waals surface area contributed by atoms with Crippen molar-refractivity contribution in [2.24, 2.45) is 11.7 Å². The molecule has 1 aliphatic rings. The Bertz CT molecular complexity index is 169. The van der Waals surface area contributed by atoms with Crippen LogP contribution in [0.4, 0.5) is 0 Å². The van der Waals surface area contributed by atoms with Gasteiger partial charge >= 0.3 is 5.97 Å². The summed E-state index contributed by atoms with van der Waals surface area (Å²) >= 11 is 0. The lowest BCUT2D eigenvalue weighted by atomic mass is 10.2. The third kappa shape index (κ3) is 1.72. The number of carbonyl (C=O) groups is 1. The van der Waals surface area contributed by atoms with Crippen molar-refractivity contribution in [2.45, 2.75) is 12.5 Å². The lowest BCUT2D eigenvalue weighted by Gasteiger charge is -1.99. The Balaban J connectivity index is 0.000000810. The van der Waals surface area contributed by atoms with Gasteiger partial charge in [0.05, 0.1) is 0 Å². The first-order valence-corrected chi connectivity index (χ1v) is 2.79. The average molecular weight is 164 g/mol. The summed E-state index contributed by atoms with van der Waals surface area (Å²) in [6.07, 6.45) is 0.785. The molecule has 1 rings (SSSR count). The van der Waals surface area contributed by atoms with Gasteiger partial charge in [0.1, 0.15) is 6.04 Å². The summed E-state index contributed by atoms with van der Waals surface area (Å²) in [5, 5.41) is 8.34. The molecular weight excluding hydrogens is 154 g/mol. The van der Waals surface area contributed by atoms with Crippen LogP contribution in [0.2, 0.25) is 0 Å². The topological polar surface area (TPSA) is 63.3 Å². The Morgan fingerprint density at radius 1 is 1.90 bits per heavy atom. The second kappa shape index (κ2) is 3.03. The van der Waals surface area contributed by atoms with E-state index >= 15 is 0 Å². The summed E-state index contributed by atoms with van der Waals surface area (Å²) in [4.78, 5) is 10.2. The third-order valence-electron chi connectivity index (χ3n) is 1.56. The number of rotatable bonds is 2. The predicted octanol–water partition coefficient (Wildman–Crippen LogP) is 0.396. The molecule has 0 saturated heterocycles. The second-order valence-corrected chi connectivity index (χ2v) is 2.33. The zero-order valence-electron chi connectivity index (χ0n) is 5.41. The van der Waals surface area contributed by atoms with Gasteiger partial charge in [-0.2, -0.15) is 0 Å². The number of carboxylic acids is 1. The van der Waals surface area contributed by atoms with Gasteiger partial charge in [-0.05, 0) is 6.42 Å². The molecule has 0 aromatic carbocycles. The van der Waals surface area contributed by atoms with Crippen LogP contribution in [-0.4, -0.2) is 17.1 Å². The standard InChI is InChI=1S/C6H9NO2.ClH/c1-3-2-4(3)5(7)6(8)9;/h4-5H,1-2,7H2,(H,8,9);1H. The first-order chi connectivity index (χ1) is 4.13. The molecule has 0 amide bonds. The van der Waals surface area contributed by atoms with Gasteiger partial charge in [-0.25, -0.2) is 0 Å². The highest BCUT2D eigenvalue weighted by Crippen LogP contribution is 2.37. The maximum Gasteiger partial charge on any atom is 0.321 e. The maximum absolute atomic E-state index is 10.2.